The summed E-state index contributed by atoms with van der Waals surface area (Å²) < 4.78 is 27.6. The highest BCUT2D eigenvalue weighted by Crippen LogP contribution is 2.31. The molecule has 1 fully saturated rings. The molecule has 1 heterocycles. The van der Waals surface area contributed by atoms with Gasteiger partial charge in [0.2, 0.25) is 12.4 Å². The van der Waals surface area contributed by atoms with Gasteiger partial charge < -0.3 is 28.8 Å². The standard InChI is InChI=1S/C22H36O10/c1-10(2)18(24)29-15-14(9-23)28-22(32-21(27)13(7)8)17(31-20(26)12(5)6)16(15)30-19(25)11(3)4/h10-17,22-23H,9H2,1-8H3/t14-,15-,16+,17-,22+/m1/s1. The molecule has 5 atom stereocenters. The molecule has 184 valence electrons. The van der Waals surface area contributed by atoms with Gasteiger partial charge in [-0.05, 0) is 0 Å². The summed E-state index contributed by atoms with van der Waals surface area (Å²) in [6.07, 6.45) is -6.75. The fourth-order valence-electron chi connectivity index (χ4n) is 2.58. The average molecular weight is 461 g/mol. The Morgan fingerprint density at radius 1 is 0.625 bits per heavy atom. The van der Waals surface area contributed by atoms with E-state index in [-0.39, 0.29) is 0 Å². The molecule has 0 aromatic rings. The third-order valence-electron chi connectivity index (χ3n) is 4.65. The first-order chi connectivity index (χ1) is 14.8. The lowest BCUT2D eigenvalue weighted by atomic mass is 9.97. The minimum atomic E-state index is -1.48. The third-order valence-corrected chi connectivity index (χ3v) is 4.65. The Morgan fingerprint density at radius 3 is 1.34 bits per heavy atom. The van der Waals surface area contributed by atoms with E-state index in [1.165, 1.54) is 0 Å². The van der Waals surface area contributed by atoms with Crippen LogP contribution in [0.4, 0.5) is 0 Å². The molecule has 0 radical (unpaired) electrons. The van der Waals surface area contributed by atoms with Crippen LogP contribution in [0.1, 0.15) is 55.4 Å². The highest BCUT2D eigenvalue weighted by Gasteiger charge is 2.54. The summed E-state index contributed by atoms with van der Waals surface area (Å²) in [6.45, 7) is 12.2. The molecule has 0 aliphatic carbocycles. The van der Waals surface area contributed by atoms with E-state index >= 15 is 0 Å². The molecule has 1 rings (SSSR count). The van der Waals surface area contributed by atoms with Crippen molar-refractivity contribution in [1.82, 2.24) is 0 Å². The second-order valence-electron chi connectivity index (χ2n) is 8.99. The van der Waals surface area contributed by atoms with Gasteiger partial charge in [0, 0.05) is 0 Å². The zero-order chi connectivity index (χ0) is 24.7. The Hall–Kier alpha value is -2.20. The zero-order valence-electron chi connectivity index (χ0n) is 20.0. The van der Waals surface area contributed by atoms with E-state index in [1.807, 2.05) is 0 Å². The molecule has 0 aromatic carbocycles. The van der Waals surface area contributed by atoms with Crippen molar-refractivity contribution in [3.8, 4) is 0 Å². The molecule has 0 aromatic heterocycles. The van der Waals surface area contributed by atoms with Gasteiger partial charge in [0.1, 0.15) is 6.10 Å². The number of aliphatic hydroxyl groups is 1. The Balaban J connectivity index is 3.45. The van der Waals surface area contributed by atoms with Gasteiger partial charge >= 0.3 is 23.9 Å². The number of carbonyl (C=O) groups excluding carboxylic acids is 4. The number of carbonyl (C=O) groups is 4. The summed E-state index contributed by atoms with van der Waals surface area (Å²) in [5.74, 6) is -4.75. The van der Waals surface area contributed by atoms with Crippen molar-refractivity contribution in [2.45, 2.75) is 86.1 Å². The largest absolute Gasteiger partial charge is 0.455 e. The maximum Gasteiger partial charge on any atom is 0.310 e. The third kappa shape index (κ3) is 7.44. The van der Waals surface area contributed by atoms with Gasteiger partial charge in [-0.2, -0.15) is 0 Å². The van der Waals surface area contributed by atoms with Crippen LogP contribution in [0.3, 0.4) is 0 Å². The van der Waals surface area contributed by atoms with E-state index in [4.69, 9.17) is 23.7 Å². The molecular formula is C22H36O10. The lowest BCUT2D eigenvalue weighted by molar-refractivity contribution is -0.303. The maximum atomic E-state index is 12.5. The van der Waals surface area contributed by atoms with Crippen molar-refractivity contribution in [3.05, 3.63) is 0 Å². The highest BCUT2D eigenvalue weighted by molar-refractivity contribution is 5.74. The SMILES string of the molecule is CC(C)C(=O)O[C@@H]1O[C@H](CO)[C@@H](OC(=O)C(C)C)[C@H](OC(=O)C(C)C)[C@H]1OC(=O)C(C)C. The van der Waals surface area contributed by atoms with Crippen LogP contribution in [0.5, 0.6) is 0 Å². The maximum absolute atomic E-state index is 12.5. The molecule has 0 amide bonds. The first-order valence-electron chi connectivity index (χ1n) is 10.9. The van der Waals surface area contributed by atoms with Crippen LogP contribution >= 0.6 is 0 Å². The molecule has 1 aliphatic heterocycles. The van der Waals surface area contributed by atoms with Gasteiger partial charge in [-0.1, -0.05) is 55.4 Å². The van der Waals surface area contributed by atoms with E-state index in [1.54, 1.807) is 55.4 Å². The summed E-state index contributed by atoms with van der Waals surface area (Å²) in [6, 6.07) is 0. The molecule has 1 N–H and O–H groups in total. The molecule has 0 saturated carbocycles. The first-order valence-corrected chi connectivity index (χ1v) is 10.9. The van der Waals surface area contributed by atoms with Gasteiger partial charge in [0.05, 0.1) is 30.3 Å². The van der Waals surface area contributed by atoms with E-state index < -0.39 is 84.9 Å². The highest BCUT2D eigenvalue weighted by atomic mass is 16.7. The number of hydrogen-bond donors (Lipinski definition) is 1. The number of hydrogen-bond acceptors (Lipinski definition) is 10. The van der Waals surface area contributed by atoms with Gasteiger partial charge in [0.15, 0.2) is 12.2 Å². The molecule has 0 spiro atoms. The van der Waals surface area contributed by atoms with E-state index in [9.17, 15) is 24.3 Å². The van der Waals surface area contributed by atoms with Crippen molar-refractivity contribution in [1.29, 1.82) is 0 Å². The smallest absolute Gasteiger partial charge is 0.310 e. The second-order valence-corrected chi connectivity index (χ2v) is 8.99. The molecule has 10 nitrogen and oxygen atoms in total. The summed E-state index contributed by atoms with van der Waals surface area (Å²) >= 11 is 0. The summed E-state index contributed by atoms with van der Waals surface area (Å²) in [5, 5.41) is 9.89. The van der Waals surface area contributed by atoms with Crippen molar-refractivity contribution in [3.63, 3.8) is 0 Å². The normalized spacial score (nSPS) is 25.7. The second kappa shape index (κ2) is 12.2. The van der Waals surface area contributed by atoms with Gasteiger partial charge in [-0.25, -0.2) is 0 Å². The van der Waals surface area contributed by atoms with Crippen molar-refractivity contribution >= 4 is 23.9 Å². The number of rotatable bonds is 9. The zero-order valence-corrected chi connectivity index (χ0v) is 20.0. The van der Waals surface area contributed by atoms with Crippen molar-refractivity contribution < 1.29 is 48.0 Å². The lowest BCUT2D eigenvalue weighted by Crippen LogP contribution is -2.63. The van der Waals surface area contributed by atoms with E-state index in [2.05, 4.69) is 0 Å². The minimum Gasteiger partial charge on any atom is -0.455 e. The van der Waals surface area contributed by atoms with E-state index in [0.717, 1.165) is 0 Å². The summed E-state index contributed by atoms with van der Waals surface area (Å²) in [4.78, 5) is 49.5. The Labute approximate surface area is 188 Å². The van der Waals surface area contributed by atoms with Crippen molar-refractivity contribution in [2.24, 2.45) is 23.7 Å². The number of ether oxygens (including phenoxy) is 5. The van der Waals surface area contributed by atoms with Crippen LogP contribution in [0.25, 0.3) is 0 Å². The predicted molar refractivity (Wildman–Crippen MR) is 111 cm³/mol. The molecule has 1 saturated heterocycles. The topological polar surface area (TPSA) is 135 Å². The molecular weight excluding hydrogens is 424 g/mol. The van der Waals surface area contributed by atoms with E-state index in [0.29, 0.717) is 0 Å². The quantitative estimate of drug-likeness (QED) is 0.399. The summed E-state index contributed by atoms with van der Waals surface area (Å²) in [7, 11) is 0. The Morgan fingerprint density at radius 2 is 0.969 bits per heavy atom. The minimum absolute atomic E-state index is 0.524. The fraction of sp³-hybridized carbons (Fsp3) is 0.818. The fourth-order valence-corrected chi connectivity index (χ4v) is 2.58. The molecule has 32 heavy (non-hydrogen) atoms. The Bertz CT molecular complexity index is 670. The van der Waals surface area contributed by atoms with Crippen molar-refractivity contribution in [2.75, 3.05) is 6.61 Å². The van der Waals surface area contributed by atoms with Gasteiger partial charge in [-0.15, -0.1) is 0 Å². The van der Waals surface area contributed by atoms with Gasteiger partial charge in [-0.3, -0.25) is 19.2 Å². The predicted octanol–water partition coefficient (Wildman–Crippen LogP) is 1.61. The molecule has 0 unspecified atom stereocenters. The molecule has 10 heteroatoms. The van der Waals surface area contributed by atoms with Crippen LogP contribution in [0, 0.1) is 23.7 Å². The lowest BCUT2D eigenvalue weighted by Gasteiger charge is -2.44. The summed E-state index contributed by atoms with van der Waals surface area (Å²) in [5.41, 5.74) is 0. The Kier molecular flexibility index (Phi) is 10.6. The van der Waals surface area contributed by atoms with Gasteiger partial charge in [0.25, 0.3) is 0 Å². The molecule has 1 aliphatic rings. The molecule has 0 bridgehead atoms. The van der Waals surface area contributed by atoms with Crippen LogP contribution < -0.4 is 0 Å². The van der Waals surface area contributed by atoms with Crippen LogP contribution in [-0.4, -0.2) is 66.3 Å². The van der Waals surface area contributed by atoms with Crippen LogP contribution in [0.15, 0.2) is 0 Å². The first kappa shape index (κ1) is 27.8. The van der Waals surface area contributed by atoms with Crippen LogP contribution in [0.2, 0.25) is 0 Å². The number of esters is 4. The average Bonchev–Trinajstić information content (AvgIpc) is 2.70. The monoisotopic (exact) mass is 460 g/mol. The number of aliphatic hydroxyl groups excluding tert-OH is 1. The van der Waals surface area contributed by atoms with Crippen LogP contribution in [-0.2, 0) is 42.9 Å².